The molecule has 2 aromatic carbocycles. The lowest BCUT2D eigenvalue weighted by Crippen LogP contribution is -2.49. The van der Waals surface area contributed by atoms with Gasteiger partial charge < -0.3 is 28.9 Å². The molecule has 20 nitrogen and oxygen atoms in total. The molecule has 0 spiro atoms. The minimum atomic E-state index is -2.15. The summed E-state index contributed by atoms with van der Waals surface area (Å²) in [5, 5.41) is 39.9. The maximum Gasteiger partial charge on any atom is 0.355 e. The zero-order valence-corrected chi connectivity index (χ0v) is 32.0. The Kier molecular flexibility index (Phi) is 7.87. The number of nitro benzene ring substituents is 1. The first-order chi connectivity index (χ1) is 27.9. The number of nitro groups is 2. The van der Waals surface area contributed by atoms with Gasteiger partial charge in [-0.2, -0.15) is 5.84 Å². The Morgan fingerprint density at radius 3 is 2.66 bits per heavy atom. The Morgan fingerprint density at radius 1 is 1.19 bits per heavy atom. The number of oxime groups is 1. The van der Waals surface area contributed by atoms with Crippen LogP contribution in [0.3, 0.4) is 0 Å². The molecule has 0 amide bonds. The number of nitrogens with two attached hydrogens (primary N) is 1. The number of hydrogen-bond donors (Lipinski definition) is 2. The normalized spacial score (nSPS) is 20.3. The Hall–Kier alpha value is -7.48. The average molecular weight is 806 g/mol. The van der Waals surface area contributed by atoms with E-state index < -0.39 is 50.2 Å². The number of cyclic esters (lactones) is 1. The summed E-state index contributed by atoms with van der Waals surface area (Å²) in [5.74, 6) is 3.12. The number of allylic oxidation sites excluding steroid dienone is 3. The molecule has 3 N–H and O–H groups in total. The average Bonchev–Trinajstić information content (AvgIpc) is 3.70. The van der Waals surface area contributed by atoms with Crippen molar-refractivity contribution in [2.75, 3.05) is 14.1 Å². The number of non-ortho nitro benzene ring substituents is 1. The van der Waals surface area contributed by atoms with Crippen molar-refractivity contribution >= 4 is 39.8 Å². The summed E-state index contributed by atoms with van der Waals surface area (Å²) in [6.07, 6.45) is 2.44. The summed E-state index contributed by atoms with van der Waals surface area (Å²) < 4.78 is 12.8. The third kappa shape index (κ3) is 5.47. The molecule has 0 bridgehead atoms. The highest BCUT2D eigenvalue weighted by molar-refractivity contribution is 6.14. The van der Waals surface area contributed by atoms with Gasteiger partial charge in [-0.05, 0) is 59.1 Å². The molecule has 5 heterocycles. The summed E-state index contributed by atoms with van der Waals surface area (Å²) in [6, 6.07) is 9.10. The molecule has 2 aromatic heterocycles. The molecule has 1 unspecified atom stereocenters. The van der Waals surface area contributed by atoms with Crippen molar-refractivity contribution in [2.24, 2.45) is 16.9 Å². The number of nitrogens with zero attached hydrogens (tertiary/aromatic N) is 7. The predicted molar refractivity (Wildman–Crippen MR) is 203 cm³/mol. The minimum Gasteiger partial charge on any atom is -0.508 e. The van der Waals surface area contributed by atoms with E-state index in [9.17, 15) is 39.7 Å². The van der Waals surface area contributed by atoms with Crippen LogP contribution in [0.4, 0.5) is 5.69 Å². The number of pyridine rings is 2. The first-order valence-electron chi connectivity index (χ1n) is 18.1. The highest BCUT2D eigenvalue weighted by Gasteiger charge is 2.51. The third-order valence-corrected chi connectivity index (χ3v) is 11.0. The lowest BCUT2D eigenvalue weighted by Gasteiger charge is -2.35. The zero-order chi connectivity index (χ0) is 42.0. The SMILES string of the molecule is CN(C)Cc1c(O)ccc2nc3c(cc12)Cn1c-3cc2c(c1=O)COC(=O)[C@@]2(C)OC(=O)C(C)(C)O/N=C1\c2cc([N+](=O)[O-])cc3c2=C2C(=CC([N+](=O)[O-])=CC21)O[N+]=3N. The second-order valence-electron chi connectivity index (χ2n) is 15.6. The molecule has 59 heavy (non-hydrogen) atoms. The highest BCUT2D eigenvalue weighted by Crippen LogP contribution is 2.42. The number of phenols is 1. The van der Waals surface area contributed by atoms with E-state index in [1.165, 1.54) is 49.6 Å². The molecular weight excluding hydrogens is 772 g/mol. The monoisotopic (exact) mass is 805 g/mol. The summed E-state index contributed by atoms with van der Waals surface area (Å²) in [5.41, 5.74) is -1.86. The Morgan fingerprint density at radius 2 is 1.95 bits per heavy atom. The number of phenolic OH excluding ortho intramolecular Hbond substituents is 1. The molecule has 2 atom stereocenters. The second-order valence-corrected chi connectivity index (χ2v) is 15.6. The number of carbonyl (C=O) groups excluding carboxylic acids is 2. The van der Waals surface area contributed by atoms with Gasteiger partial charge in [-0.1, -0.05) is 5.16 Å². The number of fused-ring (bicyclic) bond motifs is 5. The molecule has 0 radical (unpaired) electrons. The largest absolute Gasteiger partial charge is 0.508 e. The van der Waals surface area contributed by atoms with Crippen molar-refractivity contribution < 1.29 is 43.7 Å². The fourth-order valence-electron chi connectivity index (χ4n) is 8.08. The van der Waals surface area contributed by atoms with Crippen molar-refractivity contribution in [2.45, 2.75) is 51.7 Å². The fourth-order valence-corrected chi connectivity index (χ4v) is 8.08. The summed E-state index contributed by atoms with van der Waals surface area (Å²) in [6.45, 7) is 4.12. The van der Waals surface area contributed by atoms with Crippen LogP contribution in [0.15, 0.2) is 70.0 Å². The van der Waals surface area contributed by atoms with Crippen molar-refractivity contribution in [1.29, 1.82) is 0 Å². The number of aromatic hydroxyl groups is 1. The van der Waals surface area contributed by atoms with Crippen LogP contribution in [-0.2, 0) is 54.0 Å². The molecule has 2 aliphatic carbocycles. The molecule has 0 saturated heterocycles. The molecule has 3 aliphatic heterocycles. The zero-order valence-electron chi connectivity index (χ0n) is 32.0. The van der Waals surface area contributed by atoms with E-state index in [2.05, 4.69) is 5.16 Å². The lowest BCUT2D eigenvalue weighted by atomic mass is 9.89. The lowest BCUT2D eigenvalue weighted by molar-refractivity contribution is -0.419. The summed E-state index contributed by atoms with van der Waals surface area (Å²) >= 11 is 0. The first kappa shape index (κ1) is 37.1. The van der Waals surface area contributed by atoms with E-state index in [1.54, 1.807) is 18.2 Å². The Bertz CT molecular complexity index is 3000. The molecule has 4 aromatic rings. The first-order valence-corrected chi connectivity index (χ1v) is 18.1. The van der Waals surface area contributed by atoms with Gasteiger partial charge in [-0.25, -0.2) is 19.4 Å². The maximum absolute atomic E-state index is 14.1. The number of aromatic nitrogens is 2. The van der Waals surface area contributed by atoms with Crippen LogP contribution in [0.25, 0.3) is 27.9 Å². The van der Waals surface area contributed by atoms with Crippen LogP contribution in [0, 0.1) is 26.1 Å². The number of ether oxygens (including phenoxy) is 2. The van der Waals surface area contributed by atoms with Crippen LogP contribution in [0.2, 0.25) is 0 Å². The third-order valence-electron chi connectivity index (χ3n) is 11.0. The number of benzene rings is 2. The van der Waals surface area contributed by atoms with E-state index in [0.29, 0.717) is 45.4 Å². The van der Waals surface area contributed by atoms with Crippen molar-refractivity contribution in [3.63, 3.8) is 0 Å². The quantitative estimate of drug-likeness (QED) is 0.0736. The van der Waals surface area contributed by atoms with Crippen LogP contribution >= 0.6 is 0 Å². The maximum atomic E-state index is 14.1. The second kappa shape index (κ2) is 12.5. The van der Waals surface area contributed by atoms with Gasteiger partial charge in [0, 0.05) is 51.9 Å². The van der Waals surface area contributed by atoms with Gasteiger partial charge in [0.05, 0.1) is 67.9 Å². The van der Waals surface area contributed by atoms with Crippen LogP contribution in [0.1, 0.15) is 48.6 Å². The van der Waals surface area contributed by atoms with E-state index in [4.69, 9.17) is 30.0 Å². The number of carbonyl (C=O) groups is 2. The van der Waals surface area contributed by atoms with E-state index in [-0.39, 0.29) is 58.1 Å². The number of hydrogen-bond acceptors (Lipinski definition) is 16. The number of esters is 2. The van der Waals surface area contributed by atoms with Gasteiger partial charge in [-0.3, -0.25) is 25.0 Å². The number of rotatable bonds is 8. The van der Waals surface area contributed by atoms with Crippen LogP contribution in [-0.4, -0.2) is 66.8 Å². The smallest absolute Gasteiger partial charge is 0.355 e. The van der Waals surface area contributed by atoms with Gasteiger partial charge >= 0.3 is 17.3 Å². The van der Waals surface area contributed by atoms with Gasteiger partial charge in [0.1, 0.15) is 17.2 Å². The van der Waals surface area contributed by atoms with Crippen LogP contribution in [0.5, 0.6) is 5.75 Å². The topological polar surface area (TPSA) is 257 Å². The highest BCUT2D eigenvalue weighted by atomic mass is 16.7. The fraction of sp³-hybridized carbons (Fsp3) is 0.282. The minimum absolute atomic E-state index is 0.0161. The Labute approximate surface area is 331 Å². The molecule has 5 aliphatic rings. The molecular formula is C39H33N8O12+. The Balaban J connectivity index is 1.08. The van der Waals surface area contributed by atoms with Gasteiger partial charge in [0.2, 0.25) is 17.0 Å². The predicted octanol–water partition coefficient (Wildman–Crippen LogP) is 1.26. The standard InChI is InChI=1S/C39H32N8O12/c1-38(2,59-42-34-21-9-18(46(52)53)11-27-31(21)32-22(34)10-19(47(54)55)12-30(32)58-45(27)40)36(50)57-39(3)25-13-28-33-17(14-44(28)35(49)24(25)16-56-37(39)51)8-20-23(15-43(4)5)29(48)7-6-26(20)41-33/h6-13,22H,14-16H2,1-5H3,(H2-,40,42,48,49)/p+1/t22?,39-/m0/s1. The molecule has 0 saturated carbocycles. The van der Waals surface area contributed by atoms with Gasteiger partial charge in [0.25, 0.3) is 16.9 Å². The van der Waals surface area contributed by atoms with Gasteiger partial charge in [0.15, 0.2) is 0 Å². The van der Waals surface area contributed by atoms with E-state index in [0.717, 1.165) is 10.2 Å². The van der Waals surface area contributed by atoms with Crippen molar-refractivity contribution in [1.82, 2.24) is 19.3 Å². The summed E-state index contributed by atoms with van der Waals surface area (Å²) in [7, 11) is 3.75. The molecule has 9 rings (SSSR count). The molecule has 300 valence electrons. The van der Waals surface area contributed by atoms with Crippen LogP contribution < -0.4 is 26.8 Å². The van der Waals surface area contributed by atoms with Crippen molar-refractivity contribution in [3.05, 3.63) is 129 Å². The van der Waals surface area contributed by atoms with E-state index in [1.807, 2.05) is 25.1 Å². The van der Waals surface area contributed by atoms with Gasteiger partial charge in [-0.15, -0.1) is 0 Å². The summed E-state index contributed by atoms with van der Waals surface area (Å²) in [4.78, 5) is 83.2. The number of hydrazine groups is 1. The molecule has 20 heteroatoms. The molecule has 0 fully saturated rings. The van der Waals surface area contributed by atoms with E-state index >= 15 is 0 Å². The van der Waals surface area contributed by atoms with Crippen molar-refractivity contribution in [3.8, 4) is 17.1 Å².